The van der Waals surface area contributed by atoms with Gasteiger partial charge in [0.2, 0.25) is 0 Å². The molecule has 25 heavy (non-hydrogen) atoms. The first kappa shape index (κ1) is 15.3. The lowest BCUT2D eigenvalue weighted by atomic mass is 10.1. The number of hydrogen-bond donors (Lipinski definition) is 2. The molecule has 0 amide bonds. The lowest BCUT2D eigenvalue weighted by Crippen LogP contribution is -2.04. The molecule has 3 heterocycles. The van der Waals surface area contributed by atoms with Gasteiger partial charge in [0, 0.05) is 36.9 Å². The summed E-state index contributed by atoms with van der Waals surface area (Å²) in [5.41, 5.74) is 4.67. The number of hydrogen-bond acceptors (Lipinski definition) is 5. The van der Waals surface area contributed by atoms with Crippen LogP contribution < -0.4 is 5.32 Å². The van der Waals surface area contributed by atoms with Gasteiger partial charge in [-0.15, -0.1) is 0 Å². The van der Waals surface area contributed by atoms with E-state index in [-0.39, 0.29) is 6.61 Å². The van der Waals surface area contributed by atoms with Crippen molar-refractivity contribution in [1.29, 1.82) is 0 Å². The van der Waals surface area contributed by atoms with Crippen molar-refractivity contribution < 1.29 is 5.11 Å². The number of benzene rings is 1. The number of pyridine rings is 1. The van der Waals surface area contributed by atoms with Gasteiger partial charge in [0.05, 0.1) is 18.5 Å². The van der Waals surface area contributed by atoms with E-state index in [0.717, 1.165) is 33.8 Å². The summed E-state index contributed by atoms with van der Waals surface area (Å²) in [6.45, 7) is 0.646. The standard InChI is InChI=1S/C19H17N5O/c25-13-14-3-1-5-16(9-14)17-12-23-19-18(21-7-8-24(17)19)22-11-15-4-2-6-20-10-15/h1-10,12,25H,11,13H2,(H,21,22). The average molecular weight is 331 g/mol. The van der Waals surface area contributed by atoms with E-state index in [1.54, 1.807) is 12.4 Å². The molecular weight excluding hydrogens is 314 g/mol. The smallest absolute Gasteiger partial charge is 0.180 e. The molecular formula is C19H17N5O. The number of fused-ring (bicyclic) bond motifs is 1. The molecule has 0 aliphatic carbocycles. The van der Waals surface area contributed by atoms with Gasteiger partial charge in [0.25, 0.3) is 0 Å². The van der Waals surface area contributed by atoms with Gasteiger partial charge in [-0.25, -0.2) is 9.97 Å². The highest BCUT2D eigenvalue weighted by molar-refractivity contribution is 5.70. The van der Waals surface area contributed by atoms with Crippen LogP contribution >= 0.6 is 0 Å². The number of aromatic nitrogens is 4. The van der Waals surface area contributed by atoms with Gasteiger partial charge >= 0.3 is 0 Å². The zero-order valence-electron chi connectivity index (χ0n) is 13.5. The third kappa shape index (κ3) is 3.07. The number of imidazole rings is 1. The molecule has 1 aromatic carbocycles. The normalized spacial score (nSPS) is 10.9. The van der Waals surface area contributed by atoms with E-state index in [1.807, 2.05) is 59.4 Å². The number of rotatable bonds is 5. The van der Waals surface area contributed by atoms with Gasteiger partial charge in [-0.05, 0) is 23.3 Å². The van der Waals surface area contributed by atoms with Crippen LogP contribution in [0, 0.1) is 0 Å². The van der Waals surface area contributed by atoms with Crippen LogP contribution in [0.5, 0.6) is 0 Å². The second-order valence-corrected chi connectivity index (χ2v) is 5.69. The van der Waals surface area contributed by atoms with Gasteiger partial charge < -0.3 is 10.4 Å². The maximum Gasteiger partial charge on any atom is 0.180 e. The third-order valence-corrected chi connectivity index (χ3v) is 4.02. The van der Waals surface area contributed by atoms with Crippen molar-refractivity contribution in [1.82, 2.24) is 19.4 Å². The number of nitrogens with zero attached hydrogens (tertiary/aromatic N) is 4. The molecule has 0 unspecified atom stereocenters. The minimum Gasteiger partial charge on any atom is -0.392 e. The summed E-state index contributed by atoms with van der Waals surface area (Å²) >= 11 is 0. The molecule has 6 heteroatoms. The van der Waals surface area contributed by atoms with Gasteiger partial charge in [0.1, 0.15) is 0 Å². The highest BCUT2D eigenvalue weighted by atomic mass is 16.3. The predicted molar refractivity (Wildman–Crippen MR) is 95.9 cm³/mol. The third-order valence-electron chi connectivity index (χ3n) is 4.02. The largest absolute Gasteiger partial charge is 0.392 e. The van der Waals surface area contributed by atoms with Crippen molar-refractivity contribution >= 4 is 11.5 Å². The Kier molecular flexibility index (Phi) is 4.10. The number of anilines is 1. The minimum absolute atomic E-state index is 0.0179. The lowest BCUT2D eigenvalue weighted by Gasteiger charge is -2.08. The summed E-state index contributed by atoms with van der Waals surface area (Å²) in [5.74, 6) is 0.718. The van der Waals surface area contributed by atoms with E-state index in [0.29, 0.717) is 6.54 Å². The van der Waals surface area contributed by atoms with Crippen molar-refractivity contribution in [3.05, 3.63) is 78.5 Å². The lowest BCUT2D eigenvalue weighted by molar-refractivity contribution is 0.282. The molecule has 4 aromatic rings. The Bertz CT molecular complexity index is 997. The quantitative estimate of drug-likeness (QED) is 0.588. The van der Waals surface area contributed by atoms with Crippen LogP contribution in [0.25, 0.3) is 16.9 Å². The van der Waals surface area contributed by atoms with Crippen molar-refractivity contribution in [3.8, 4) is 11.3 Å². The van der Waals surface area contributed by atoms with Crippen LogP contribution in [0.1, 0.15) is 11.1 Å². The molecule has 0 saturated heterocycles. The molecule has 0 atom stereocenters. The molecule has 0 bridgehead atoms. The Morgan fingerprint density at radius 3 is 2.76 bits per heavy atom. The predicted octanol–water partition coefficient (Wildman–Crippen LogP) is 2.90. The van der Waals surface area contributed by atoms with Gasteiger partial charge in [0.15, 0.2) is 11.5 Å². The zero-order chi connectivity index (χ0) is 17.1. The fourth-order valence-corrected chi connectivity index (χ4v) is 2.77. The van der Waals surface area contributed by atoms with Gasteiger partial charge in [-0.3, -0.25) is 9.38 Å². The van der Waals surface area contributed by atoms with Crippen LogP contribution in [0.3, 0.4) is 0 Å². The van der Waals surface area contributed by atoms with Crippen LogP contribution in [-0.4, -0.2) is 24.5 Å². The first-order valence-corrected chi connectivity index (χ1v) is 8.00. The topological polar surface area (TPSA) is 75.3 Å². The Hall–Kier alpha value is -3.25. The summed E-state index contributed by atoms with van der Waals surface area (Å²) in [5, 5.41) is 12.7. The van der Waals surface area contributed by atoms with Crippen LogP contribution in [0.2, 0.25) is 0 Å². The summed E-state index contributed by atoms with van der Waals surface area (Å²) in [7, 11) is 0. The van der Waals surface area contributed by atoms with Crippen LogP contribution in [0.4, 0.5) is 5.82 Å². The second kappa shape index (κ2) is 6.70. The molecule has 4 rings (SSSR count). The van der Waals surface area contributed by atoms with Gasteiger partial charge in [-0.2, -0.15) is 0 Å². The molecule has 0 spiro atoms. The Labute approximate surface area is 144 Å². The first-order chi connectivity index (χ1) is 12.3. The van der Waals surface area contributed by atoms with Crippen molar-refractivity contribution in [2.24, 2.45) is 0 Å². The van der Waals surface area contributed by atoms with E-state index in [4.69, 9.17) is 0 Å². The Balaban J connectivity index is 1.68. The molecule has 0 aliphatic rings. The SMILES string of the molecule is OCc1cccc(-c2cnc3c(NCc4cccnc4)nccn23)c1. The fraction of sp³-hybridized carbons (Fsp3) is 0.105. The number of nitrogens with one attached hydrogen (secondary N) is 1. The summed E-state index contributed by atoms with van der Waals surface area (Å²) in [4.78, 5) is 13.0. The maximum atomic E-state index is 9.35. The summed E-state index contributed by atoms with van der Waals surface area (Å²) in [6.07, 6.45) is 9.04. The number of aliphatic hydroxyl groups is 1. The van der Waals surface area contributed by atoms with Crippen molar-refractivity contribution in [3.63, 3.8) is 0 Å². The van der Waals surface area contributed by atoms with Crippen LogP contribution in [-0.2, 0) is 13.2 Å². The van der Waals surface area contributed by atoms with E-state index >= 15 is 0 Å². The highest BCUT2D eigenvalue weighted by Gasteiger charge is 2.10. The average Bonchev–Trinajstić information content (AvgIpc) is 3.12. The molecule has 0 saturated carbocycles. The number of aliphatic hydroxyl groups excluding tert-OH is 1. The minimum atomic E-state index is 0.0179. The van der Waals surface area contributed by atoms with Crippen molar-refractivity contribution in [2.75, 3.05) is 5.32 Å². The first-order valence-electron chi connectivity index (χ1n) is 8.00. The van der Waals surface area contributed by atoms with E-state index in [1.165, 1.54) is 0 Å². The van der Waals surface area contributed by atoms with E-state index in [9.17, 15) is 5.11 Å². The van der Waals surface area contributed by atoms with E-state index in [2.05, 4.69) is 20.3 Å². The van der Waals surface area contributed by atoms with E-state index < -0.39 is 0 Å². The van der Waals surface area contributed by atoms with Crippen molar-refractivity contribution in [2.45, 2.75) is 13.2 Å². The fourth-order valence-electron chi connectivity index (χ4n) is 2.77. The maximum absolute atomic E-state index is 9.35. The molecule has 0 radical (unpaired) electrons. The summed E-state index contributed by atoms with van der Waals surface area (Å²) < 4.78 is 2.00. The van der Waals surface area contributed by atoms with Crippen LogP contribution in [0.15, 0.2) is 67.4 Å². The second-order valence-electron chi connectivity index (χ2n) is 5.69. The molecule has 3 aromatic heterocycles. The molecule has 124 valence electrons. The molecule has 0 aliphatic heterocycles. The molecule has 2 N–H and O–H groups in total. The zero-order valence-corrected chi connectivity index (χ0v) is 13.5. The molecule has 6 nitrogen and oxygen atoms in total. The Morgan fingerprint density at radius 1 is 1.00 bits per heavy atom. The highest BCUT2D eigenvalue weighted by Crippen LogP contribution is 2.24. The molecule has 0 fully saturated rings. The van der Waals surface area contributed by atoms with Gasteiger partial charge in [-0.1, -0.05) is 24.3 Å². The summed E-state index contributed by atoms with van der Waals surface area (Å²) in [6, 6.07) is 11.7. The monoisotopic (exact) mass is 331 g/mol. The Morgan fingerprint density at radius 2 is 1.92 bits per heavy atom.